The molecule has 4 heteroatoms. The topological polar surface area (TPSA) is 17.8 Å². The van der Waals surface area contributed by atoms with E-state index in [1.807, 2.05) is 12.1 Å². The molecule has 2 rings (SSSR count). The van der Waals surface area contributed by atoms with Crippen LogP contribution in [0, 0.1) is 5.92 Å². The monoisotopic (exact) mass is 324 g/mol. The van der Waals surface area contributed by atoms with Crippen molar-refractivity contribution in [1.82, 2.24) is 9.78 Å². The summed E-state index contributed by atoms with van der Waals surface area (Å²) >= 11 is 12.1. The molecule has 0 fully saturated rings. The Balaban J connectivity index is 2.08. The highest BCUT2D eigenvalue weighted by Gasteiger charge is 2.14. The van der Waals surface area contributed by atoms with Crippen LogP contribution in [0.25, 0.3) is 0 Å². The summed E-state index contributed by atoms with van der Waals surface area (Å²) in [5.41, 5.74) is 3.73. The molecule has 0 saturated carbocycles. The van der Waals surface area contributed by atoms with Gasteiger partial charge in [-0.3, -0.25) is 4.68 Å². The van der Waals surface area contributed by atoms with E-state index >= 15 is 0 Å². The molecule has 1 atom stereocenters. The van der Waals surface area contributed by atoms with Crippen LogP contribution in [0.4, 0.5) is 0 Å². The van der Waals surface area contributed by atoms with Gasteiger partial charge in [-0.2, -0.15) is 5.10 Å². The van der Waals surface area contributed by atoms with Crippen LogP contribution in [-0.2, 0) is 25.8 Å². The quantitative estimate of drug-likeness (QED) is 0.671. The summed E-state index contributed by atoms with van der Waals surface area (Å²) in [7, 11) is 0. The van der Waals surface area contributed by atoms with Gasteiger partial charge in [-0.1, -0.05) is 30.7 Å². The fraction of sp³-hybridized carbons (Fsp3) is 0.471. The van der Waals surface area contributed by atoms with Crippen LogP contribution in [0.5, 0.6) is 0 Å². The smallest absolute Gasteiger partial charge is 0.0624 e. The van der Waals surface area contributed by atoms with Crippen molar-refractivity contribution >= 4 is 23.2 Å². The lowest BCUT2D eigenvalue weighted by Gasteiger charge is -2.14. The number of hydrogen-bond acceptors (Lipinski definition) is 1. The van der Waals surface area contributed by atoms with E-state index < -0.39 is 0 Å². The summed E-state index contributed by atoms with van der Waals surface area (Å²) in [4.78, 5) is 0. The molecule has 0 spiro atoms. The van der Waals surface area contributed by atoms with Crippen LogP contribution in [0.1, 0.15) is 30.8 Å². The molecular formula is C17H22Cl2N2. The number of benzene rings is 1. The Kier molecular flexibility index (Phi) is 6.13. The Morgan fingerprint density at radius 3 is 2.43 bits per heavy atom. The van der Waals surface area contributed by atoms with Gasteiger partial charge in [-0.15, -0.1) is 11.6 Å². The Bertz CT molecular complexity index is 561. The molecular weight excluding hydrogens is 303 g/mol. The minimum atomic E-state index is 0.416. The maximum absolute atomic E-state index is 6.18. The predicted octanol–water partition coefficient (Wildman–Crippen LogP) is 4.76. The van der Waals surface area contributed by atoms with Crippen LogP contribution < -0.4 is 0 Å². The van der Waals surface area contributed by atoms with Crippen LogP contribution in [0.3, 0.4) is 0 Å². The van der Waals surface area contributed by atoms with E-state index in [1.165, 1.54) is 11.3 Å². The normalized spacial score (nSPS) is 12.6. The fourth-order valence-corrected chi connectivity index (χ4v) is 2.90. The summed E-state index contributed by atoms with van der Waals surface area (Å²) in [5, 5.41) is 5.39. The second-order valence-electron chi connectivity index (χ2n) is 5.35. The van der Waals surface area contributed by atoms with Crippen molar-refractivity contribution in [2.75, 3.05) is 5.88 Å². The number of halogens is 2. The Morgan fingerprint density at radius 2 is 1.86 bits per heavy atom. The van der Waals surface area contributed by atoms with E-state index in [9.17, 15) is 0 Å². The third-order valence-electron chi connectivity index (χ3n) is 3.73. The fourth-order valence-electron chi connectivity index (χ4n) is 2.56. The average Bonchev–Trinajstić information content (AvgIpc) is 2.91. The molecule has 0 radical (unpaired) electrons. The third-order valence-corrected chi connectivity index (χ3v) is 4.42. The highest BCUT2D eigenvalue weighted by atomic mass is 35.5. The zero-order valence-electron chi connectivity index (χ0n) is 12.6. The zero-order chi connectivity index (χ0) is 15.2. The molecule has 1 heterocycles. The molecule has 0 aliphatic carbocycles. The average molecular weight is 325 g/mol. The van der Waals surface area contributed by atoms with Gasteiger partial charge in [-0.05, 0) is 55.9 Å². The van der Waals surface area contributed by atoms with Gasteiger partial charge in [0, 0.05) is 23.1 Å². The number of hydrogen-bond donors (Lipinski definition) is 0. The van der Waals surface area contributed by atoms with Crippen molar-refractivity contribution in [3.63, 3.8) is 0 Å². The van der Waals surface area contributed by atoms with Crippen molar-refractivity contribution in [2.45, 2.75) is 39.7 Å². The summed E-state index contributed by atoms with van der Waals surface area (Å²) in [6.07, 6.45) is 2.91. The van der Waals surface area contributed by atoms with Crippen LogP contribution >= 0.6 is 23.2 Å². The zero-order valence-corrected chi connectivity index (χ0v) is 14.2. The molecule has 0 aliphatic heterocycles. The van der Waals surface area contributed by atoms with Gasteiger partial charge in [0.05, 0.1) is 5.69 Å². The molecule has 0 amide bonds. The van der Waals surface area contributed by atoms with Gasteiger partial charge in [0.1, 0.15) is 0 Å². The molecule has 0 aliphatic rings. The summed E-state index contributed by atoms with van der Waals surface area (Å²) in [5.74, 6) is 1.07. The molecule has 1 aromatic heterocycles. The number of aromatic nitrogens is 2. The second-order valence-corrected chi connectivity index (χ2v) is 6.10. The first-order valence-electron chi connectivity index (χ1n) is 7.52. The predicted molar refractivity (Wildman–Crippen MR) is 90.3 cm³/mol. The number of rotatable bonds is 7. The van der Waals surface area contributed by atoms with Gasteiger partial charge < -0.3 is 0 Å². The van der Waals surface area contributed by atoms with Crippen molar-refractivity contribution in [3.05, 3.63) is 52.3 Å². The van der Waals surface area contributed by atoms with E-state index in [-0.39, 0.29) is 0 Å². The maximum Gasteiger partial charge on any atom is 0.0624 e. The minimum Gasteiger partial charge on any atom is -0.270 e. The minimum absolute atomic E-state index is 0.416. The summed E-state index contributed by atoms with van der Waals surface area (Å²) < 4.78 is 2.10. The lowest BCUT2D eigenvalue weighted by atomic mass is 9.96. The first-order chi connectivity index (χ1) is 10.2. The number of alkyl halides is 1. The maximum atomic E-state index is 6.18. The molecule has 21 heavy (non-hydrogen) atoms. The van der Waals surface area contributed by atoms with Crippen molar-refractivity contribution < 1.29 is 0 Å². The summed E-state index contributed by atoms with van der Waals surface area (Å²) in [6.45, 7) is 5.18. The molecule has 2 nitrogen and oxygen atoms in total. The highest BCUT2D eigenvalue weighted by Crippen LogP contribution is 2.19. The lowest BCUT2D eigenvalue weighted by Crippen LogP contribution is -2.13. The molecule has 1 unspecified atom stereocenters. The van der Waals surface area contributed by atoms with Crippen molar-refractivity contribution in [2.24, 2.45) is 5.92 Å². The van der Waals surface area contributed by atoms with Gasteiger partial charge in [0.2, 0.25) is 0 Å². The van der Waals surface area contributed by atoms with Crippen molar-refractivity contribution in [3.8, 4) is 0 Å². The first-order valence-corrected chi connectivity index (χ1v) is 8.43. The molecule has 0 N–H and O–H groups in total. The van der Waals surface area contributed by atoms with Gasteiger partial charge in [0.25, 0.3) is 0 Å². The molecule has 114 valence electrons. The first kappa shape index (κ1) is 16.4. The molecule has 2 aromatic rings. The Morgan fingerprint density at radius 1 is 1.14 bits per heavy atom. The van der Waals surface area contributed by atoms with Gasteiger partial charge >= 0.3 is 0 Å². The van der Waals surface area contributed by atoms with Crippen molar-refractivity contribution in [1.29, 1.82) is 0 Å². The number of aryl methyl sites for hydroxylation is 2. The highest BCUT2D eigenvalue weighted by molar-refractivity contribution is 6.30. The van der Waals surface area contributed by atoms with Crippen LogP contribution in [0.2, 0.25) is 5.02 Å². The molecule has 1 aromatic carbocycles. The Labute approximate surface area is 137 Å². The van der Waals surface area contributed by atoms with Gasteiger partial charge in [-0.25, -0.2) is 0 Å². The Hall–Kier alpha value is -0.990. The van der Waals surface area contributed by atoms with Crippen LogP contribution in [-0.4, -0.2) is 15.7 Å². The van der Waals surface area contributed by atoms with E-state index in [0.717, 1.165) is 36.5 Å². The summed E-state index contributed by atoms with van der Waals surface area (Å²) in [6, 6.07) is 10.2. The SMILES string of the molecule is CCc1cc(CC(CCl)Cc2ccc(Cl)cc2)n(CC)n1. The molecule has 0 saturated heterocycles. The van der Waals surface area contributed by atoms with E-state index in [2.05, 4.69) is 41.8 Å². The van der Waals surface area contributed by atoms with Crippen LogP contribution in [0.15, 0.2) is 30.3 Å². The standard InChI is InChI=1S/C17H22Cl2N2/c1-3-16-11-17(21(4-2)20-16)10-14(12-18)9-13-5-7-15(19)8-6-13/h5-8,11,14H,3-4,9-10,12H2,1-2H3. The number of nitrogens with zero attached hydrogens (tertiary/aromatic N) is 2. The molecule has 0 bridgehead atoms. The largest absolute Gasteiger partial charge is 0.270 e. The van der Waals surface area contributed by atoms with E-state index in [0.29, 0.717) is 11.8 Å². The van der Waals surface area contributed by atoms with E-state index in [4.69, 9.17) is 23.2 Å². The van der Waals surface area contributed by atoms with E-state index in [1.54, 1.807) is 0 Å². The third kappa shape index (κ3) is 4.49. The lowest BCUT2D eigenvalue weighted by molar-refractivity contribution is 0.531. The van der Waals surface area contributed by atoms with Gasteiger partial charge in [0.15, 0.2) is 0 Å². The second kappa shape index (κ2) is 7.86.